The minimum absolute atomic E-state index is 0.149. The van der Waals surface area contributed by atoms with Gasteiger partial charge in [-0.3, -0.25) is 9.78 Å². The Bertz CT molecular complexity index is 699. The molecule has 0 unspecified atom stereocenters. The second-order valence-electron chi connectivity index (χ2n) is 4.13. The van der Waals surface area contributed by atoms with Crippen LogP contribution in [0.1, 0.15) is 18.9 Å². The molecule has 0 fully saturated rings. The average molecular weight is 273 g/mol. The van der Waals surface area contributed by atoms with Crippen molar-refractivity contribution in [3.05, 3.63) is 56.9 Å². The number of benzene rings is 1. The van der Waals surface area contributed by atoms with Crippen LogP contribution in [0.5, 0.6) is 5.75 Å². The number of aromatic nitrogens is 2. The van der Waals surface area contributed by atoms with Crippen LogP contribution < -0.4 is 16.0 Å². The Kier molecular flexibility index (Phi) is 4.49. The lowest BCUT2D eigenvalue weighted by atomic mass is 10.2. The SMILES string of the molecule is CCCOc1ccc(C=Nc2c[nH]c(=O)[nH]c2=O)cc1. The van der Waals surface area contributed by atoms with Gasteiger partial charge in [-0.15, -0.1) is 0 Å². The molecule has 104 valence electrons. The molecule has 0 amide bonds. The first kappa shape index (κ1) is 13.8. The summed E-state index contributed by atoms with van der Waals surface area (Å²) in [5.41, 5.74) is -0.0883. The van der Waals surface area contributed by atoms with Gasteiger partial charge in [-0.25, -0.2) is 9.79 Å². The standard InChI is InChI=1S/C14H15N3O3/c1-2-7-20-11-5-3-10(4-6-11)8-15-12-9-16-14(19)17-13(12)18/h3-6,8-9H,2,7H2,1H3,(H2,16,17,18,19). The number of rotatable bonds is 5. The quantitative estimate of drug-likeness (QED) is 0.811. The molecule has 1 heterocycles. The van der Waals surface area contributed by atoms with Gasteiger partial charge in [0.05, 0.1) is 6.61 Å². The lowest BCUT2D eigenvalue weighted by Crippen LogP contribution is -2.20. The number of nitrogens with zero attached hydrogens (tertiary/aromatic N) is 1. The molecule has 6 heteroatoms. The molecule has 2 aromatic rings. The van der Waals surface area contributed by atoms with Gasteiger partial charge in [0, 0.05) is 12.4 Å². The van der Waals surface area contributed by atoms with E-state index in [1.54, 1.807) is 6.21 Å². The highest BCUT2D eigenvalue weighted by Crippen LogP contribution is 2.11. The highest BCUT2D eigenvalue weighted by atomic mass is 16.5. The van der Waals surface area contributed by atoms with Gasteiger partial charge in [0.25, 0.3) is 5.56 Å². The van der Waals surface area contributed by atoms with Crippen molar-refractivity contribution in [1.82, 2.24) is 9.97 Å². The Labute approximate surface area is 115 Å². The Morgan fingerprint density at radius 2 is 2.00 bits per heavy atom. The summed E-state index contributed by atoms with van der Waals surface area (Å²) in [6.45, 7) is 2.73. The minimum atomic E-state index is -0.550. The van der Waals surface area contributed by atoms with E-state index in [0.29, 0.717) is 6.61 Å². The number of H-pyrrole nitrogens is 2. The molecular weight excluding hydrogens is 258 g/mol. The Morgan fingerprint density at radius 1 is 1.25 bits per heavy atom. The lowest BCUT2D eigenvalue weighted by Gasteiger charge is -2.03. The van der Waals surface area contributed by atoms with Gasteiger partial charge in [-0.1, -0.05) is 6.92 Å². The molecule has 0 saturated heterocycles. The molecular formula is C14H15N3O3. The fourth-order valence-electron chi connectivity index (χ4n) is 1.51. The van der Waals surface area contributed by atoms with Crippen LogP contribution in [0.4, 0.5) is 5.69 Å². The molecule has 1 aromatic carbocycles. The fraction of sp³-hybridized carbons (Fsp3) is 0.214. The first-order valence-electron chi connectivity index (χ1n) is 6.28. The topological polar surface area (TPSA) is 87.3 Å². The van der Waals surface area contributed by atoms with Gasteiger partial charge in [-0.05, 0) is 36.2 Å². The Hall–Kier alpha value is -2.63. The zero-order valence-corrected chi connectivity index (χ0v) is 11.1. The van der Waals surface area contributed by atoms with Crippen LogP contribution in [0.2, 0.25) is 0 Å². The van der Waals surface area contributed by atoms with Crippen molar-refractivity contribution in [2.24, 2.45) is 4.99 Å². The summed E-state index contributed by atoms with van der Waals surface area (Å²) in [4.78, 5) is 30.8. The zero-order valence-electron chi connectivity index (χ0n) is 11.1. The van der Waals surface area contributed by atoms with Crippen molar-refractivity contribution in [1.29, 1.82) is 0 Å². The van der Waals surface area contributed by atoms with E-state index < -0.39 is 11.2 Å². The largest absolute Gasteiger partial charge is 0.494 e. The van der Waals surface area contributed by atoms with E-state index in [2.05, 4.69) is 15.0 Å². The maximum absolute atomic E-state index is 11.4. The molecule has 0 atom stereocenters. The zero-order chi connectivity index (χ0) is 14.4. The Morgan fingerprint density at radius 3 is 2.65 bits per heavy atom. The van der Waals surface area contributed by atoms with Crippen LogP contribution in [-0.4, -0.2) is 22.8 Å². The third-order valence-corrected chi connectivity index (χ3v) is 2.51. The maximum atomic E-state index is 11.4. The van der Waals surface area contributed by atoms with Gasteiger partial charge < -0.3 is 9.72 Å². The lowest BCUT2D eigenvalue weighted by molar-refractivity contribution is 0.317. The van der Waals surface area contributed by atoms with Crippen LogP contribution >= 0.6 is 0 Å². The molecule has 2 N–H and O–H groups in total. The first-order valence-corrected chi connectivity index (χ1v) is 6.28. The van der Waals surface area contributed by atoms with Crippen LogP contribution in [0.25, 0.3) is 0 Å². The third-order valence-electron chi connectivity index (χ3n) is 2.51. The number of ether oxygens (including phenoxy) is 1. The van der Waals surface area contributed by atoms with E-state index in [1.165, 1.54) is 6.20 Å². The van der Waals surface area contributed by atoms with Crippen molar-refractivity contribution in [3.8, 4) is 5.75 Å². The van der Waals surface area contributed by atoms with Gasteiger partial charge in [0.1, 0.15) is 11.4 Å². The predicted molar refractivity (Wildman–Crippen MR) is 77.2 cm³/mol. The predicted octanol–water partition coefficient (Wildman–Crippen LogP) is 1.60. The normalized spacial score (nSPS) is 10.8. The van der Waals surface area contributed by atoms with Crippen molar-refractivity contribution in [3.63, 3.8) is 0 Å². The molecule has 0 spiro atoms. The molecule has 0 aliphatic carbocycles. The molecule has 0 aliphatic rings. The van der Waals surface area contributed by atoms with E-state index in [0.717, 1.165) is 17.7 Å². The molecule has 6 nitrogen and oxygen atoms in total. The summed E-state index contributed by atoms with van der Waals surface area (Å²) in [6, 6.07) is 7.37. The van der Waals surface area contributed by atoms with Gasteiger partial charge >= 0.3 is 5.69 Å². The second-order valence-corrected chi connectivity index (χ2v) is 4.13. The number of aromatic amines is 2. The minimum Gasteiger partial charge on any atom is -0.494 e. The van der Waals surface area contributed by atoms with Gasteiger partial charge in [0.2, 0.25) is 0 Å². The van der Waals surface area contributed by atoms with Crippen LogP contribution in [0.15, 0.2) is 45.0 Å². The van der Waals surface area contributed by atoms with E-state index in [1.807, 2.05) is 31.2 Å². The molecule has 0 saturated carbocycles. The monoisotopic (exact) mass is 273 g/mol. The van der Waals surface area contributed by atoms with Crippen LogP contribution in [-0.2, 0) is 0 Å². The molecule has 2 rings (SSSR count). The number of hydrogen-bond donors (Lipinski definition) is 2. The van der Waals surface area contributed by atoms with E-state index in [9.17, 15) is 9.59 Å². The smallest absolute Gasteiger partial charge is 0.325 e. The first-order chi connectivity index (χ1) is 9.69. The van der Waals surface area contributed by atoms with Crippen LogP contribution in [0.3, 0.4) is 0 Å². The van der Waals surface area contributed by atoms with Crippen LogP contribution in [0, 0.1) is 0 Å². The maximum Gasteiger partial charge on any atom is 0.325 e. The third kappa shape index (κ3) is 3.68. The second kappa shape index (κ2) is 6.51. The summed E-state index contributed by atoms with van der Waals surface area (Å²) in [6.07, 6.45) is 3.78. The summed E-state index contributed by atoms with van der Waals surface area (Å²) < 4.78 is 5.47. The molecule has 20 heavy (non-hydrogen) atoms. The summed E-state index contributed by atoms with van der Waals surface area (Å²) >= 11 is 0. The molecule has 0 aliphatic heterocycles. The summed E-state index contributed by atoms with van der Waals surface area (Å²) in [5, 5.41) is 0. The van der Waals surface area contributed by atoms with Crippen molar-refractivity contribution >= 4 is 11.9 Å². The van der Waals surface area contributed by atoms with E-state index in [-0.39, 0.29) is 5.69 Å². The number of nitrogens with one attached hydrogen (secondary N) is 2. The van der Waals surface area contributed by atoms with E-state index >= 15 is 0 Å². The summed E-state index contributed by atoms with van der Waals surface area (Å²) in [5.74, 6) is 0.797. The fourth-order valence-corrected chi connectivity index (χ4v) is 1.51. The van der Waals surface area contributed by atoms with E-state index in [4.69, 9.17) is 4.74 Å². The van der Waals surface area contributed by atoms with Crippen molar-refractivity contribution in [2.75, 3.05) is 6.61 Å². The highest BCUT2D eigenvalue weighted by molar-refractivity contribution is 5.81. The average Bonchev–Trinajstić information content (AvgIpc) is 2.45. The Balaban J connectivity index is 2.11. The number of aliphatic imine (C=N–C) groups is 1. The molecule has 0 bridgehead atoms. The van der Waals surface area contributed by atoms with Gasteiger partial charge in [-0.2, -0.15) is 0 Å². The number of hydrogen-bond acceptors (Lipinski definition) is 4. The summed E-state index contributed by atoms with van der Waals surface area (Å²) in [7, 11) is 0. The van der Waals surface area contributed by atoms with Crippen molar-refractivity contribution < 1.29 is 4.74 Å². The van der Waals surface area contributed by atoms with Gasteiger partial charge in [0.15, 0.2) is 0 Å². The molecule has 1 aromatic heterocycles. The van der Waals surface area contributed by atoms with Crippen molar-refractivity contribution in [2.45, 2.75) is 13.3 Å². The molecule has 0 radical (unpaired) electrons. The highest BCUT2D eigenvalue weighted by Gasteiger charge is 1.97.